The van der Waals surface area contributed by atoms with Crippen LogP contribution in [0.15, 0.2) is 65.1 Å². The number of furan rings is 1. The third kappa shape index (κ3) is 8.40. The van der Waals surface area contributed by atoms with E-state index >= 15 is 0 Å². The van der Waals surface area contributed by atoms with Crippen LogP contribution in [0, 0.1) is 0 Å². The minimum atomic E-state index is -0.471. The van der Waals surface area contributed by atoms with E-state index in [-0.39, 0.29) is 5.76 Å². The van der Waals surface area contributed by atoms with Crippen molar-refractivity contribution in [2.24, 2.45) is 0 Å². The van der Waals surface area contributed by atoms with Crippen molar-refractivity contribution in [1.29, 1.82) is 0 Å². The van der Waals surface area contributed by atoms with E-state index in [9.17, 15) is 4.79 Å². The van der Waals surface area contributed by atoms with Crippen LogP contribution < -0.4 is 9.47 Å². The lowest BCUT2D eigenvalue weighted by atomic mass is 10.1. The van der Waals surface area contributed by atoms with E-state index in [4.69, 9.17) is 13.9 Å². The molecule has 0 bridgehead atoms. The van der Waals surface area contributed by atoms with Gasteiger partial charge in [0.05, 0.1) is 6.61 Å². The molecule has 0 unspecified atom stereocenters. The van der Waals surface area contributed by atoms with Crippen LogP contribution in [0.3, 0.4) is 0 Å². The van der Waals surface area contributed by atoms with Gasteiger partial charge >= 0.3 is 5.97 Å². The maximum Gasteiger partial charge on any atom is 0.379 e. The van der Waals surface area contributed by atoms with Crippen molar-refractivity contribution >= 4 is 5.97 Å². The Morgan fingerprint density at radius 3 is 1.94 bits per heavy atom. The monoisotopic (exact) mass is 462 g/mol. The van der Waals surface area contributed by atoms with Gasteiger partial charge in [-0.05, 0) is 60.4 Å². The second-order valence-electron chi connectivity index (χ2n) is 8.78. The Balaban J connectivity index is 1.45. The summed E-state index contributed by atoms with van der Waals surface area (Å²) < 4.78 is 17.0. The molecule has 0 aliphatic carbocycles. The Morgan fingerprint density at radius 2 is 1.26 bits per heavy atom. The summed E-state index contributed by atoms with van der Waals surface area (Å²) in [6.07, 6.45) is 11.8. The van der Waals surface area contributed by atoms with E-state index < -0.39 is 5.97 Å². The van der Waals surface area contributed by atoms with Gasteiger partial charge in [-0.1, -0.05) is 83.1 Å². The minimum Gasteiger partial charge on any atom is -0.494 e. The van der Waals surface area contributed by atoms with Gasteiger partial charge in [0.15, 0.2) is 0 Å². The predicted octanol–water partition coefficient (Wildman–Crippen LogP) is 8.64. The van der Waals surface area contributed by atoms with Crippen molar-refractivity contribution in [3.05, 3.63) is 72.2 Å². The lowest BCUT2D eigenvalue weighted by Gasteiger charge is -2.08. The molecule has 0 amide bonds. The Hall–Kier alpha value is -3.01. The lowest BCUT2D eigenvalue weighted by Crippen LogP contribution is -2.07. The molecule has 0 radical (unpaired) electrons. The summed E-state index contributed by atoms with van der Waals surface area (Å²) in [5.74, 6) is 2.00. The molecule has 0 spiro atoms. The first-order valence-corrected chi connectivity index (χ1v) is 12.8. The topological polar surface area (TPSA) is 48.7 Å². The van der Waals surface area contributed by atoms with Gasteiger partial charge in [-0.2, -0.15) is 0 Å². The summed E-state index contributed by atoms with van der Waals surface area (Å²) in [5.41, 5.74) is 2.14. The molecule has 3 rings (SSSR count). The van der Waals surface area contributed by atoms with Crippen molar-refractivity contribution < 1.29 is 18.7 Å². The van der Waals surface area contributed by atoms with Crippen LogP contribution in [-0.2, 0) is 6.42 Å². The first-order chi connectivity index (χ1) is 16.7. The lowest BCUT2D eigenvalue weighted by molar-refractivity contribution is 0.0699. The summed E-state index contributed by atoms with van der Waals surface area (Å²) in [7, 11) is 0. The van der Waals surface area contributed by atoms with Gasteiger partial charge in [0.2, 0.25) is 5.76 Å². The van der Waals surface area contributed by atoms with Crippen LogP contribution in [0.25, 0.3) is 11.1 Å². The molecule has 0 atom stereocenters. The average Bonchev–Trinajstić information content (AvgIpc) is 3.34. The van der Waals surface area contributed by atoms with Gasteiger partial charge in [-0.15, -0.1) is 0 Å². The van der Waals surface area contributed by atoms with Gasteiger partial charge in [-0.25, -0.2) is 4.79 Å². The molecule has 0 N–H and O–H groups in total. The van der Waals surface area contributed by atoms with Crippen molar-refractivity contribution in [2.45, 2.75) is 78.1 Å². The molecule has 1 heterocycles. The molecule has 1 aromatic heterocycles. The molecule has 0 aliphatic heterocycles. The highest BCUT2D eigenvalue weighted by molar-refractivity contribution is 5.88. The number of hydrogen-bond acceptors (Lipinski definition) is 4. The number of unbranched alkanes of at least 4 members (excludes halogenated alkanes) is 7. The second kappa shape index (κ2) is 14.3. The normalized spacial score (nSPS) is 10.9. The standard InChI is InChI=1S/C30H38O4/c1-3-5-7-8-9-11-23-32-26-17-13-24(14-18-26)25-15-19-28(20-16-25)34-30(31)29-22-21-27(33-29)12-10-6-4-2/h13-22H,3-12,23H2,1-2H3. The highest BCUT2D eigenvalue weighted by Crippen LogP contribution is 2.25. The Kier molecular flexibility index (Phi) is 10.8. The molecule has 0 fully saturated rings. The Morgan fingerprint density at radius 1 is 0.676 bits per heavy atom. The van der Waals surface area contributed by atoms with Crippen molar-refractivity contribution in [2.75, 3.05) is 6.61 Å². The summed E-state index contributed by atoms with van der Waals surface area (Å²) in [6, 6.07) is 19.2. The predicted molar refractivity (Wildman–Crippen MR) is 138 cm³/mol. The smallest absolute Gasteiger partial charge is 0.379 e. The van der Waals surface area contributed by atoms with Gasteiger partial charge in [0.25, 0.3) is 0 Å². The molecule has 4 nitrogen and oxygen atoms in total. The number of carbonyl (C=O) groups is 1. The number of hydrogen-bond donors (Lipinski definition) is 0. The maximum atomic E-state index is 12.4. The molecular weight excluding hydrogens is 424 g/mol. The van der Waals surface area contributed by atoms with Gasteiger partial charge in [0.1, 0.15) is 17.3 Å². The van der Waals surface area contributed by atoms with Crippen molar-refractivity contribution in [1.82, 2.24) is 0 Å². The largest absolute Gasteiger partial charge is 0.494 e. The molecular formula is C30H38O4. The third-order valence-electron chi connectivity index (χ3n) is 5.91. The molecule has 182 valence electrons. The fourth-order valence-electron chi connectivity index (χ4n) is 3.86. The van der Waals surface area contributed by atoms with Gasteiger partial charge in [0, 0.05) is 6.42 Å². The Bertz CT molecular complexity index is 970. The Labute approximate surface area is 204 Å². The first-order valence-electron chi connectivity index (χ1n) is 12.8. The fraction of sp³-hybridized carbons (Fsp3) is 0.433. The molecule has 3 aromatic rings. The number of esters is 1. The summed E-state index contributed by atoms with van der Waals surface area (Å²) in [6.45, 7) is 5.17. The minimum absolute atomic E-state index is 0.243. The highest BCUT2D eigenvalue weighted by Gasteiger charge is 2.14. The SMILES string of the molecule is CCCCCCCCOc1ccc(-c2ccc(OC(=O)c3ccc(CCCCC)o3)cc2)cc1. The highest BCUT2D eigenvalue weighted by atomic mass is 16.5. The number of aryl methyl sites for hydroxylation is 1. The van der Waals surface area contributed by atoms with E-state index in [1.54, 1.807) is 18.2 Å². The van der Waals surface area contributed by atoms with Crippen molar-refractivity contribution in [3.63, 3.8) is 0 Å². The van der Waals surface area contributed by atoms with Crippen LogP contribution in [0.5, 0.6) is 11.5 Å². The molecule has 34 heavy (non-hydrogen) atoms. The molecule has 4 heteroatoms. The number of ether oxygens (including phenoxy) is 2. The third-order valence-corrected chi connectivity index (χ3v) is 5.91. The van der Waals surface area contributed by atoms with E-state index in [0.29, 0.717) is 5.75 Å². The zero-order valence-electron chi connectivity index (χ0n) is 20.7. The van der Waals surface area contributed by atoms with Gasteiger partial charge in [-0.3, -0.25) is 0 Å². The van der Waals surface area contributed by atoms with E-state index in [1.165, 1.54) is 32.1 Å². The molecule has 2 aromatic carbocycles. The first kappa shape index (κ1) is 25.6. The van der Waals surface area contributed by atoms with Crippen LogP contribution in [-0.4, -0.2) is 12.6 Å². The quantitative estimate of drug-likeness (QED) is 0.129. The number of carbonyl (C=O) groups excluding carboxylic acids is 1. The van der Waals surface area contributed by atoms with Crippen LogP contribution in [0.1, 0.15) is 87.9 Å². The van der Waals surface area contributed by atoms with Crippen LogP contribution in [0.4, 0.5) is 0 Å². The number of benzene rings is 2. The molecule has 0 saturated heterocycles. The average molecular weight is 463 g/mol. The summed E-state index contributed by atoms with van der Waals surface area (Å²) in [5, 5.41) is 0. The van der Waals surface area contributed by atoms with Gasteiger partial charge < -0.3 is 13.9 Å². The van der Waals surface area contributed by atoms with Crippen LogP contribution in [0.2, 0.25) is 0 Å². The zero-order chi connectivity index (χ0) is 24.0. The molecule has 0 aliphatic rings. The second-order valence-corrected chi connectivity index (χ2v) is 8.78. The zero-order valence-corrected chi connectivity index (χ0v) is 20.7. The fourth-order valence-corrected chi connectivity index (χ4v) is 3.86. The number of rotatable bonds is 15. The van der Waals surface area contributed by atoms with E-state index in [0.717, 1.165) is 61.3 Å². The summed E-state index contributed by atoms with van der Waals surface area (Å²) in [4.78, 5) is 12.4. The summed E-state index contributed by atoms with van der Waals surface area (Å²) >= 11 is 0. The maximum absolute atomic E-state index is 12.4. The van der Waals surface area contributed by atoms with E-state index in [2.05, 4.69) is 26.0 Å². The van der Waals surface area contributed by atoms with Crippen LogP contribution >= 0.6 is 0 Å². The van der Waals surface area contributed by atoms with E-state index in [1.807, 2.05) is 30.3 Å². The molecule has 0 saturated carbocycles. The van der Waals surface area contributed by atoms with Crippen molar-refractivity contribution in [3.8, 4) is 22.6 Å².